The highest BCUT2D eigenvalue weighted by molar-refractivity contribution is 5.33. The maximum absolute atomic E-state index is 4.52. The minimum atomic E-state index is 0.602. The van der Waals surface area contributed by atoms with Gasteiger partial charge in [0.1, 0.15) is 0 Å². The number of benzene rings is 1. The highest BCUT2D eigenvalue weighted by Crippen LogP contribution is 2.26. The monoisotopic (exact) mass is 281 g/mol. The van der Waals surface area contributed by atoms with Crippen molar-refractivity contribution < 1.29 is 0 Å². The zero-order valence-electron chi connectivity index (χ0n) is 12.9. The summed E-state index contributed by atoms with van der Waals surface area (Å²) in [6.45, 7) is 6.25. The first-order chi connectivity index (χ1) is 10.3. The molecule has 0 N–H and O–H groups in total. The zero-order valence-corrected chi connectivity index (χ0v) is 12.9. The zero-order chi connectivity index (χ0) is 14.7. The number of fused-ring (bicyclic) bond motifs is 1. The second-order valence-electron chi connectivity index (χ2n) is 5.95. The van der Waals surface area contributed by atoms with E-state index < -0.39 is 0 Å². The smallest absolute Gasteiger partial charge is 0.0727 e. The SMILES string of the molecule is CCCN(Cc1cnc(C)cn1)C1Cc2ccccc2C1. The molecule has 1 aliphatic rings. The summed E-state index contributed by atoms with van der Waals surface area (Å²) in [7, 11) is 0. The van der Waals surface area contributed by atoms with Crippen molar-refractivity contribution in [2.45, 2.75) is 45.7 Å². The largest absolute Gasteiger partial charge is 0.294 e. The van der Waals surface area contributed by atoms with Crippen LogP contribution in [0.4, 0.5) is 0 Å². The average molecular weight is 281 g/mol. The average Bonchev–Trinajstić information content (AvgIpc) is 2.93. The van der Waals surface area contributed by atoms with Crippen LogP contribution in [0.2, 0.25) is 0 Å². The molecule has 0 atom stereocenters. The fourth-order valence-corrected chi connectivity index (χ4v) is 3.18. The lowest BCUT2D eigenvalue weighted by molar-refractivity contribution is 0.190. The van der Waals surface area contributed by atoms with E-state index in [4.69, 9.17) is 0 Å². The number of nitrogens with zero attached hydrogens (tertiary/aromatic N) is 3. The molecule has 1 aromatic heterocycles. The number of aryl methyl sites for hydroxylation is 1. The van der Waals surface area contributed by atoms with Crippen LogP contribution in [0.5, 0.6) is 0 Å². The van der Waals surface area contributed by atoms with Crippen molar-refractivity contribution in [3.8, 4) is 0 Å². The summed E-state index contributed by atoms with van der Waals surface area (Å²) in [6, 6.07) is 9.44. The van der Waals surface area contributed by atoms with Crippen LogP contribution in [-0.2, 0) is 19.4 Å². The summed E-state index contributed by atoms with van der Waals surface area (Å²) in [5.41, 5.74) is 5.08. The van der Waals surface area contributed by atoms with E-state index in [1.54, 1.807) is 0 Å². The summed E-state index contributed by atoms with van der Waals surface area (Å²) in [6.07, 6.45) is 7.28. The van der Waals surface area contributed by atoms with E-state index >= 15 is 0 Å². The van der Waals surface area contributed by atoms with Crippen molar-refractivity contribution in [3.05, 3.63) is 59.2 Å². The summed E-state index contributed by atoms with van der Waals surface area (Å²) in [4.78, 5) is 11.5. The Morgan fingerprint density at radius 1 is 1.10 bits per heavy atom. The molecule has 0 saturated carbocycles. The van der Waals surface area contributed by atoms with Gasteiger partial charge in [-0.3, -0.25) is 14.9 Å². The quantitative estimate of drug-likeness (QED) is 0.843. The molecule has 0 bridgehead atoms. The first kappa shape index (κ1) is 14.2. The van der Waals surface area contributed by atoms with Gasteiger partial charge < -0.3 is 0 Å². The Labute approximate surface area is 127 Å². The van der Waals surface area contributed by atoms with Crippen molar-refractivity contribution in [1.29, 1.82) is 0 Å². The number of hydrogen-bond acceptors (Lipinski definition) is 3. The van der Waals surface area contributed by atoms with E-state index in [1.165, 1.54) is 17.5 Å². The van der Waals surface area contributed by atoms with Crippen LogP contribution in [0.15, 0.2) is 36.7 Å². The van der Waals surface area contributed by atoms with Crippen LogP contribution in [-0.4, -0.2) is 27.5 Å². The number of rotatable bonds is 5. The van der Waals surface area contributed by atoms with Gasteiger partial charge in [-0.15, -0.1) is 0 Å². The van der Waals surface area contributed by atoms with Crippen LogP contribution in [0.25, 0.3) is 0 Å². The lowest BCUT2D eigenvalue weighted by Gasteiger charge is -2.28. The van der Waals surface area contributed by atoms with Gasteiger partial charge in [0.25, 0.3) is 0 Å². The minimum Gasteiger partial charge on any atom is -0.294 e. The van der Waals surface area contributed by atoms with E-state index in [9.17, 15) is 0 Å². The van der Waals surface area contributed by atoms with Crippen LogP contribution in [0.1, 0.15) is 35.9 Å². The van der Waals surface area contributed by atoms with Crippen molar-refractivity contribution in [1.82, 2.24) is 14.9 Å². The Morgan fingerprint density at radius 3 is 2.38 bits per heavy atom. The third-order valence-corrected chi connectivity index (χ3v) is 4.26. The van der Waals surface area contributed by atoms with E-state index in [-0.39, 0.29) is 0 Å². The maximum atomic E-state index is 4.52. The predicted molar refractivity (Wildman–Crippen MR) is 85.1 cm³/mol. The topological polar surface area (TPSA) is 29.0 Å². The molecule has 1 heterocycles. The van der Waals surface area contributed by atoms with Crippen LogP contribution in [0.3, 0.4) is 0 Å². The molecular formula is C18H23N3. The Hall–Kier alpha value is -1.74. The van der Waals surface area contributed by atoms with Gasteiger partial charge in [0, 0.05) is 25.0 Å². The van der Waals surface area contributed by atoms with Crippen LogP contribution < -0.4 is 0 Å². The van der Waals surface area contributed by atoms with Crippen LogP contribution >= 0.6 is 0 Å². The van der Waals surface area contributed by atoms with Gasteiger partial charge >= 0.3 is 0 Å². The second-order valence-corrected chi connectivity index (χ2v) is 5.95. The molecule has 0 saturated heterocycles. The molecule has 1 aromatic carbocycles. The Kier molecular flexibility index (Phi) is 4.30. The standard InChI is InChI=1S/C18H23N3/c1-3-8-21(13-17-12-19-14(2)11-20-17)18-9-15-6-4-5-7-16(15)10-18/h4-7,11-12,18H,3,8-10,13H2,1-2H3. The highest BCUT2D eigenvalue weighted by Gasteiger charge is 2.26. The molecule has 0 amide bonds. The first-order valence-electron chi connectivity index (χ1n) is 7.84. The van der Waals surface area contributed by atoms with Crippen molar-refractivity contribution in [2.24, 2.45) is 0 Å². The van der Waals surface area contributed by atoms with Gasteiger partial charge in [-0.2, -0.15) is 0 Å². The van der Waals surface area contributed by atoms with Gasteiger partial charge in [-0.1, -0.05) is 31.2 Å². The van der Waals surface area contributed by atoms with Crippen LogP contribution in [0, 0.1) is 6.92 Å². The van der Waals surface area contributed by atoms with Gasteiger partial charge in [0.15, 0.2) is 0 Å². The summed E-state index contributed by atoms with van der Waals surface area (Å²) in [5.74, 6) is 0. The summed E-state index contributed by atoms with van der Waals surface area (Å²) >= 11 is 0. The fraction of sp³-hybridized carbons (Fsp3) is 0.444. The van der Waals surface area contributed by atoms with Gasteiger partial charge in [-0.05, 0) is 43.9 Å². The molecule has 0 fully saturated rings. The molecule has 3 rings (SSSR count). The maximum Gasteiger partial charge on any atom is 0.0727 e. The van der Waals surface area contributed by atoms with Gasteiger partial charge in [0.05, 0.1) is 11.4 Å². The molecule has 110 valence electrons. The molecule has 1 aliphatic carbocycles. The third-order valence-electron chi connectivity index (χ3n) is 4.26. The van der Waals surface area contributed by atoms with E-state index in [0.29, 0.717) is 6.04 Å². The summed E-state index contributed by atoms with van der Waals surface area (Å²) < 4.78 is 0. The van der Waals surface area contributed by atoms with E-state index in [1.807, 2.05) is 19.3 Å². The van der Waals surface area contributed by atoms with Gasteiger partial charge in [0.2, 0.25) is 0 Å². The number of aromatic nitrogens is 2. The molecule has 3 nitrogen and oxygen atoms in total. The van der Waals surface area contributed by atoms with Gasteiger partial charge in [-0.25, -0.2) is 0 Å². The van der Waals surface area contributed by atoms with Crippen molar-refractivity contribution >= 4 is 0 Å². The lowest BCUT2D eigenvalue weighted by Crippen LogP contribution is -2.36. The van der Waals surface area contributed by atoms with E-state index in [0.717, 1.165) is 37.3 Å². The Bertz CT molecular complexity index is 567. The molecule has 0 spiro atoms. The normalized spacial score (nSPS) is 14.6. The summed E-state index contributed by atoms with van der Waals surface area (Å²) in [5, 5.41) is 0. The Morgan fingerprint density at radius 2 is 1.81 bits per heavy atom. The minimum absolute atomic E-state index is 0.602. The first-order valence-corrected chi connectivity index (χ1v) is 7.84. The second kappa shape index (κ2) is 6.35. The third kappa shape index (κ3) is 3.30. The molecule has 21 heavy (non-hydrogen) atoms. The molecule has 0 unspecified atom stereocenters. The highest BCUT2D eigenvalue weighted by atomic mass is 15.2. The lowest BCUT2D eigenvalue weighted by atomic mass is 10.1. The molecule has 0 aliphatic heterocycles. The molecule has 2 aromatic rings. The molecule has 0 radical (unpaired) electrons. The van der Waals surface area contributed by atoms with E-state index in [2.05, 4.69) is 46.1 Å². The fourth-order valence-electron chi connectivity index (χ4n) is 3.18. The molecule has 3 heteroatoms. The van der Waals surface area contributed by atoms with Crippen molar-refractivity contribution in [2.75, 3.05) is 6.54 Å². The van der Waals surface area contributed by atoms with Crippen molar-refractivity contribution in [3.63, 3.8) is 0 Å². The number of hydrogen-bond donors (Lipinski definition) is 0. The molecular weight excluding hydrogens is 258 g/mol. The Balaban J connectivity index is 1.72. The predicted octanol–water partition coefficient (Wildman–Crippen LogP) is 3.16.